The summed E-state index contributed by atoms with van der Waals surface area (Å²) >= 11 is 3.31. The van der Waals surface area contributed by atoms with Gasteiger partial charge in [-0.05, 0) is 17.7 Å². The molecule has 1 amide bonds. The zero-order valence-electron chi connectivity index (χ0n) is 13.1. The first-order valence-corrected chi connectivity index (χ1v) is 7.81. The molecule has 2 aromatic rings. The standard InChI is InChI=1S/C16H14BrN3O5/c1-25-14-8-13(20(23)24)7-11(16(14)22)9-18-19-15(21)6-10-2-4-12(17)5-3-10/h2-5,7-9,22H,6H2,1H3,(H,19,21). The molecule has 0 saturated heterocycles. The van der Waals surface area contributed by atoms with Crippen LogP contribution >= 0.6 is 15.9 Å². The van der Waals surface area contributed by atoms with Crippen LogP contribution in [-0.4, -0.2) is 29.3 Å². The van der Waals surface area contributed by atoms with Gasteiger partial charge in [-0.3, -0.25) is 14.9 Å². The van der Waals surface area contributed by atoms with Crippen molar-refractivity contribution in [1.29, 1.82) is 0 Å². The highest BCUT2D eigenvalue weighted by molar-refractivity contribution is 9.10. The number of nitro groups is 1. The number of hydrazone groups is 1. The third-order valence-electron chi connectivity index (χ3n) is 3.19. The number of amides is 1. The highest BCUT2D eigenvalue weighted by Crippen LogP contribution is 2.33. The van der Waals surface area contributed by atoms with E-state index in [9.17, 15) is 20.0 Å². The van der Waals surface area contributed by atoms with Crippen LogP contribution in [0, 0.1) is 10.1 Å². The number of nitrogens with one attached hydrogen (secondary N) is 1. The maximum atomic E-state index is 11.8. The second-order valence-electron chi connectivity index (χ2n) is 4.94. The number of hydrogen-bond donors (Lipinski definition) is 2. The van der Waals surface area contributed by atoms with Crippen LogP contribution in [0.15, 0.2) is 46.0 Å². The number of nitrogens with zero attached hydrogens (tertiary/aromatic N) is 2. The lowest BCUT2D eigenvalue weighted by Crippen LogP contribution is -2.19. The number of hydrogen-bond acceptors (Lipinski definition) is 6. The Kier molecular flexibility index (Phi) is 6.07. The zero-order chi connectivity index (χ0) is 18.4. The first-order valence-electron chi connectivity index (χ1n) is 7.02. The first-order chi connectivity index (χ1) is 11.9. The summed E-state index contributed by atoms with van der Waals surface area (Å²) in [5.41, 5.74) is 2.89. The van der Waals surface area contributed by atoms with Crippen molar-refractivity contribution in [1.82, 2.24) is 5.43 Å². The molecule has 0 aliphatic carbocycles. The minimum Gasteiger partial charge on any atom is -0.504 e. The van der Waals surface area contributed by atoms with E-state index in [0.29, 0.717) is 0 Å². The smallest absolute Gasteiger partial charge is 0.274 e. The van der Waals surface area contributed by atoms with Gasteiger partial charge in [-0.15, -0.1) is 0 Å². The van der Waals surface area contributed by atoms with Crippen LogP contribution in [0.4, 0.5) is 5.69 Å². The monoisotopic (exact) mass is 407 g/mol. The fourth-order valence-corrected chi connectivity index (χ4v) is 2.24. The molecular weight excluding hydrogens is 394 g/mol. The molecule has 0 radical (unpaired) electrons. The number of aromatic hydroxyl groups is 1. The second kappa shape index (κ2) is 8.25. The molecule has 130 valence electrons. The number of rotatable bonds is 6. The van der Waals surface area contributed by atoms with E-state index in [4.69, 9.17) is 4.74 Å². The molecular formula is C16H14BrN3O5. The van der Waals surface area contributed by atoms with Gasteiger partial charge in [0.25, 0.3) is 5.69 Å². The Balaban J connectivity index is 2.08. The minimum atomic E-state index is -0.620. The molecule has 0 atom stereocenters. The maximum Gasteiger partial charge on any atom is 0.274 e. The van der Waals surface area contributed by atoms with Crippen LogP contribution in [0.1, 0.15) is 11.1 Å². The van der Waals surface area contributed by atoms with Gasteiger partial charge in [0, 0.05) is 16.1 Å². The maximum absolute atomic E-state index is 11.8. The molecule has 8 nitrogen and oxygen atoms in total. The molecule has 25 heavy (non-hydrogen) atoms. The average Bonchev–Trinajstić information content (AvgIpc) is 2.58. The lowest BCUT2D eigenvalue weighted by atomic mass is 10.1. The fourth-order valence-electron chi connectivity index (χ4n) is 1.97. The van der Waals surface area contributed by atoms with Gasteiger partial charge in [-0.25, -0.2) is 5.43 Å². The fraction of sp³-hybridized carbons (Fsp3) is 0.125. The van der Waals surface area contributed by atoms with Crippen LogP contribution in [0.5, 0.6) is 11.5 Å². The number of carbonyl (C=O) groups excluding carboxylic acids is 1. The Morgan fingerprint density at radius 1 is 1.40 bits per heavy atom. The Morgan fingerprint density at radius 3 is 2.68 bits per heavy atom. The van der Waals surface area contributed by atoms with Gasteiger partial charge in [0.1, 0.15) is 0 Å². The van der Waals surface area contributed by atoms with Crippen LogP contribution in [0.25, 0.3) is 0 Å². The number of non-ortho nitro benzene ring substituents is 1. The molecule has 2 aromatic carbocycles. The van der Waals surface area contributed by atoms with Crippen molar-refractivity contribution in [2.75, 3.05) is 7.11 Å². The normalized spacial score (nSPS) is 10.6. The summed E-state index contributed by atoms with van der Waals surface area (Å²) in [5, 5.41) is 24.6. The van der Waals surface area contributed by atoms with Crippen LogP contribution in [0.3, 0.4) is 0 Å². The third-order valence-corrected chi connectivity index (χ3v) is 3.72. The van der Waals surface area contributed by atoms with Crippen molar-refractivity contribution in [3.8, 4) is 11.5 Å². The highest BCUT2D eigenvalue weighted by Gasteiger charge is 2.15. The predicted octanol–water partition coefficient (Wildman–Crippen LogP) is 2.76. The average molecular weight is 408 g/mol. The van der Waals surface area contributed by atoms with E-state index in [2.05, 4.69) is 26.5 Å². The Bertz CT molecular complexity index is 821. The van der Waals surface area contributed by atoms with E-state index in [0.717, 1.165) is 28.4 Å². The van der Waals surface area contributed by atoms with E-state index >= 15 is 0 Å². The molecule has 0 spiro atoms. The Labute approximate surface area is 151 Å². The van der Waals surface area contributed by atoms with Crippen molar-refractivity contribution in [2.45, 2.75) is 6.42 Å². The van der Waals surface area contributed by atoms with Crippen molar-refractivity contribution >= 4 is 33.7 Å². The molecule has 0 heterocycles. The lowest BCUT2D eigenvalue weighted by molar-refractivity contribution is -0.385. The zero-order valence-corrected chi connectivity index (χ0v) is 14.7. The van der Waals surface area contributed by atoms with Crippen molar-refractivity contribution in [3.05, 3.63) is 62.1 Å². The van der Waals surface area contributed by atoms with Gasteiger partial charge >= 0.3 is 0 Å². The minimum absolute atomic E-state index is 0.0509. The molecule has 0 bridgehead atoms. The summed E-state index contributed by atoms with van der Waals surface area (Å²) in [6.07, 6.45) is 1.24. The van der Waals surface area contributed by atoms with Gasteiger partial charge in [0.2, 0.25) is 5.91 Å². The van der Waals surface area contributed by atoms with Crippen LogP contribution in [-0.2, 0) is 11.2 Å². The highest BCUT2D eigenvalue weighted by atomic mass is 79.9. The molecule has 0 saturated carbocycles. The van der Waals surface area contributed by atoms with Crippen LogP contribution < -0.4 is 10.2 Å². The summed E-state index contributed by atoms with van der Waals surface area (Å²) in [7, 11) is 1.28. The lowest BCUT2D eigenvalue weighted by Gasteiger charge is -2.06. The quantitative estimate of drug-likeness (QED) is 0.434. The van der Waals surface area contributed by atoms with E-state index in [-0.39, 0.29) is 35.1 Å². The number of carbonyl (C=O) groups is 1. The molecule has 2 N–H and O–H groups in total. The summed E-state index contributed by atoms with van der Waals surface area (Å²) < 4.78 is 5.79. The van der Waals surface area contributed by atoms with Crippen LogP contribution in [0.2, 0.25) is 0 Å². The number of phenols is 1. The predicted molar refractivity (Wildman–Crippen MR) is 94.9 cm³/mol. The van der Waals surface area contributed by atoms with Gasteiger partial charge in [-0.1, -0.05) is 28.1 Å². The van der Waals surface area contributed by atoms with E-state index in [1.165, 1.54) is 7.11 Å². The second-order valence-corrected chi connectivity index (χ2v) is 5.86. The number of ether oxygens (including phenoxy) is 1. The molecule has 0 aromatic heterocycles. The molecule has 0 unspecified atom stereocenters. The number of methoxy groups -OCH3 is 1. The molecule has 0 aliphatic rings. The van der Waals surface area contributed by atoms with E-state index in [1.54, 1.807) is 12.1 Å². The van der Waals surface area contributed by atoms with Gasteiger partial charge in [0.05, 0.1) is 30.7 Å². The SMILES string of the molecule is COc1cc([N+](=O)[O-])cc(C=NNC(=O)Cc2ccc(Br)cc2)c1O. The number of phenolic OH excluding ortho intramolecular Hbond substituents is 1. The van der Waals surface area contributed by atoms with E-state index in [1.807, 2.05) is 12.1 Å². The summed E-state index contributed by atoms with van der Waals surface area (Å²) in [5.74, 6) is -0.730. The molecule has 2 rings (SSSR count). The summed E-state index contributed by atoms with van der Waals surface area (Å²) in [6.45, 7) is 0. The molecule has 9 heteroatoms. The van der Waals surface area contributed by atoms with Crippen molar-refractivity contribution < 1.29 is 19.6 Å². The third kappa shape index (κ3) is 5.01. The topological polar surface area (TPSA) is 114 Å². The Morgan fingerprint density at radius 2 is 2.08 bits per heavy atom. The largest absolute Gasteiger partial charge is 0.504 e. The van der Waals surface area contributed by atoms with Crippen molar-refractivity contribution in [3.63, 3.8) is 0 Å². The number of benzene rings is 2. The van der Waals surface area contributed by atoms with Crippen molar-refractivity contribution in [2.24, 2.45) is 5.10 Å². The summed E-state index contributed by atoms with van der Waals surface area (Å²) in [6, 6.07) is 9.45. The number of halogens is 1. The van der Waals surface area contributed by atoms with Gasteiger partial charge in [-0.2, -0.15) is 5.10 Å². The van der Waals surface area contributed by atoms with Gasteiger partial charge in [0.15, 0.2) is 11.5 Å². The molecule has 0 aliphatic heterocycles. The number of nitro benzene ring substituents is 1. The molecule has 0 fully saturated rings. The first kappa shape index (κ1) is 18.4. The Hall–Kier alpha value is -2.94. The summed E-state index contributed by atoms with van der Waals surface area (Å²) in [4.78, 5) is 22.1. The van der Waals surface area contributed by atoms with E-state index < -0.39 is 4.92 Å². The van der Waals surface area contributed by atoms with Gasteiger partial charge < -0.3 is 9.84 Å².